The highest BCUT2D eigenvalue weighted by atomic mass is 16.4. The molecule has 0 spiro atoms. The van der Waals surface area contributed by atoms with Crippen molar-refractivity contribution in [1.82, 2.24) is 4.98 Å². The first-order valence-electron chi connectivity index (χ1n) is 3.41. The van der Waals surface area contributed by atoms with Gasteiger partial charge in [0.2, 0.25) is 5.75 Å². The molecule has 0 radical (unpaired) electrons. The number of pyridine rings is 1. The van der Waals surface area contributed by atoms with Gasteiger partial charge in [0.15, 0.2) is 0 Å². The van der Waals surface area contributed by atoms with Crippen LogP contribution in [0.15, 0.2) is 17.1 Å². The molecule has 0 bridgehead atoms. The number of hydrogen-bond acceptors (Lipinski definition) is 3. The minimum atomic E-state index is -1.25. The van der Waals surface area contributed by atoms with Crippen molar-refractivity contribution in [2.24, 2.45) is 0 Å². The second kappa shape index (κ2) is 3.18. The monoisotopic (exact) mass is 184 g/mol. The molecular formula is C7H8N2O4. The third-order valence-electron chi connectivity index (χ3n) is 1.56. The van der Waals surface area contributed by atoms with Crippen LogP contribution in [0.2, 0.25) is 0 Å². The number of amides is 1. The molecule has 1 aromatic heterocycles. The lowest BCUT2D eigenvalue weighted by atomic mass is 10.3. The van der Waals surface area contributed by atoms with Crippen LogP contribution in [-0.2, 0) is 0 Å². The Hall–Kier alpha value is -1.98. The zero-order valence-electron chi connectivity index (χ0n) is 6.81. The van der Waals surface area contributed by atoms with Crippen LogP contribution in [0.4, 0.5) is 10.5 Å². The molecule has 6 heteroatoms. The first kappa shape index (κ1) is 9.11. The van der Waals surface area contributed by atoms with Crippen LogP contribution in [0.3, 0.4) is 0 Å². The van der Waals surface area contributed by atoms with Gasteiger partial charge in [-0.3, -0.25) is 9.69 Å². The maximum Gasteiger partial charge on any atom is 0.411 e. The zero-order chi connectivity index (χ0) is 10.0. The molecule has 13 heavy (non-hydrogen) atoms. The Balaban J connectivity index is 3.23. The molecule has 0 aliphatic carbocycles. The van der Waals surface area contributed by atoms with Crippen molar-refractivity contribution < 1.29 is 15.0 Å². The summed E-state index contributed by atoms with van der Waals surface area (Å²) in [6, 6.07) is 1.30. The van der Waals surface area contributed by atoms with E-state index in [1.165, 1.54) is 19.3 Å². The van der Waals surface area contributed by atoms with Crippen molar-refractivity contribution in [2.45, 2.75) is 0 Å². The second-order valence-corrected chi connectivity index (χ2v) is 2.38. The molecule has 70 valence electrons. The van der Waals surface area contributed by atoms with Crippen molar-refractivity contribution in [2.75, 3.05) is 11.9 Å². The maximum atomic E-state index is 10.8. The molecule has 0 atom stereocenters. The molecule has 0 saturated carbocycles. The lowest BCUT2D eigenvalue weighted by Crippen LogP contribution is -2.25. The summed E-state index contributed by atoms with van der Waals surface area (Å²) in [7, 11) is 1.23. The Morgan fingerprint density at radius 1 is 1.62 bits per heavy atom. The molecule has 0 fully saturated rings. The smallest absolute Gasteiger partial charge is 0.411 e. The Labute approximate surface area is 73.1 Å². The van der Waals surface area contributed by atoms with E-state index in [1.807, 2.05) is 0 Å². The fraction of sp³-hybridized carbons (Fsp3) is 0.143. The molecule has 0 aliphatic heterocycles. The fourth-order valence-electron chi connectivity index (χ4n) is 0.834. The van der Waals surface area contributed by atoms with Gasteiger partial charge in [-0.15, -0.1) is 0 Å². The van der Waals surface area contributed by atoms with E-state index >= 15 is 0 Å². The van der Waals surface area contributed by atoms with Crippen LogP contribution < -0.4 is 10.5 Å². The average Bonchev–Trinajstić information content (AvgIpc) is 2.08. The van der Waals surface area contributed by atoms with Crippen LogP contribution in [0, 0.1) is 0 Å². The number of hydrogen-bond donors (Lipinski definition) is 3. The van der Waals surface area contributed by atoms with Gasteiger partial charge >= 0.3 is 6.09 Å². The van der Waals surface area contributed by atoms with Crippen LogP contribution in [0.25, 0.3) is 0 Å². The average molecular weight is 184 g/mol. The van der Waals surface area contributed by atoms with Gasteiger partial charge in [-0.1, -0.05) is 0 Å². The minimum absolute atomic E-state index is 0.0451. The molecule has 3 N–H and O–H groups in total. The van der Waals surface area contributed by atoms with Crippen molar-refractivity contribution in [3.05, 3.63) is 22.6 Å². The van der Waals surface area contributed by atoms with Crippen LogP contribution in [-0.4, -0.2) is 28.3 Å². The lowest BCUT2D eigenvalue weighted by Gasteiger charge is -2.12. The van der Waals surface area contributed by atoms with E-state index in [2.05, 4.69) is 4.98 Å². The van der Waals surface area contributed by atoms with E-state index < -0.39 is 17.4 Å². The second-order valence-electron chi connectivity index (χ2n) is 2.38. The number of rotatable bonds is 1. The number of anilines is 1. The molecule has 0 aliphatic rings. The van der Waals surface area contributed by atoms with Gasteiger partial charge in [0.1, 0.15) is 0 Å². The topological polar surface area (TPSA) is 93.6 Å². The van der Waals surface area contributed by atoms with E-state index in [0.29, 0.717) is 0 Å². The summed E-state index contributed by atoms with van der Waals surface area (Å²) in [6.45, 7) is 0. The predicted octanol–water partition coefficient (Wildman–Crippen LogP) is 0.195. The van der Waals surface area contributed by atoms with Crippen molar-refractivity contribution in [1.29, 1.82) is 0 Å². The molecule has 1 rings (SSSR count). The van der Waals surface area contributed by atoms with E-state index in [1.54, 1.807) is 0 Å². The van der Waals surface area contributed by atoms with E-state index in [0.717, 1.165) is 4.90 Å². The number of nitrogens with one attached hydrogen (secondary N) is 1. The van der Waals surface area contributed by atoms with Gasteiger partial charge < -0.3 is 15.2 Å². The normalized spacial score (nSPS) is 9.62. The molecular weight excluding hydrogens is 176 g/mol. The SMILES string of the molecule is CN(C(=O)O)c1cc[nH]c(=O)c1O. The number of aromatic hydroxyl groups is 1. The summed E-state index contributed by atoms with van der Waals surface area (Å²) >= 11 is 0. The molecule has 1 aromatic rings. The van der Waals surface area contributed by atoms with Gasteiger partial charge in [0.25, 0.3) is 5.56 Å². The van der Waals surface area contributed by atoms with Gasteiger partial charge in [-0.2, -0.15) is 0 Å². The van der Waals surface area contributed by atoms with Gasteiger partial charge in [-0.25, -0.2) is 4.79 Å². The largest absolute Gasteiger partial charge is 0.502 e. The van der Waals surface area contributed by atoms with Crippen molar-refractivity contribution in [3.63, 3.8) is 0 Å². The number of aromatic amines is 1. The van der Waals surface area contributed by atoms with Gasteiger partial charge in [-0.05, 0) is 6.07 Å². The van der Waals surface area contributed by atoms with Gasteiger partial charge in [0, 0.05) is 13.2 Å². The molecule has 0 aromatic carbocycles. The number of carbonyl (C=O) groups is 1. The maximum absolute atomic E-state index is 10.8. The van der Waals surface area contributed by atoms with E-state index in [9.17, 15) is 9.59 Å². The summed E-state index contributed by atoms with van der Waals surface area (Å²) in [6.07, 6.45) is 0.0116. The predicted molar refractivity (Wildman–Crippen MR) is 45.2 cm³/mol. The number of H-pyrrole nitrogens is 1. The fourth-order valence-corrected chi connectivity index (χ4v) is 0.834. The number of carboxylic acid groups (broad SMARTS) is 1. The van der Waals surface area contributed by atoms with E-state index in [-0.39, 0.29) is 5.69 Å². The highest BCUT2D eigenvalue weighted by Gasteiger charge is 2.14. The number of aromatic nitrogens is 1. The molecule has 0 unspecified atom stereocenters. The highest BCUT2D eigenvalue weighted by molar-refractivity contribution is 5.87. The Bertz CT molecular complexity index is 384. The summed E-state index contributed by atoms with van der Waals surface area (Å²) in [5.41, 5.74) is -0.762. The minimum Gasteiger partial charge on any atom is -0.502 e. The zero-order valence-corrected chi connectivity index (χ0v) is 6.81. The van der Waals surface area contributed by atoms with Crippen LogP contribution in [0.1, 0.15) is 0 Å². The Kier molecular flexibility index (Phi) is 2.23. The summed E-state index contributed by atoms with van der Waals surface area (Å²) in [4.78, 5) is 24.3. The van der Waals surface area contributed by atoms with E-state index in [4.69, 9.17) is 10.2 Å². The van der Waals surface area contributed by atoms with Crippen molar-refractivity contribution >= 4 is 11.8 Å². The molecule has 1 amide bonds. The summed E-state index contributed by atoms with van der Waals surface area (Å²) < 4.78 is 0. The Morgan fingerprint density at radius 2 is 2.23 bits per heavy atom. The van der Waals surface area contributed by atoms with Gasteiger partial charge in [0.05, 0.1) is 5.69 Å². The molecule has 6 nitrogen and oxygen atoms in total. The third kappa shape index (κ3) is 1.61. The van der Waals surface area contributed by atoms with Crippen molar-refractivity contribution in [3.8, 4) is 5.75 Å². The number of nitrogens with zero attached hydrogens (tertiary/aromatic N) is 1. The Morgan fingerprint density at radius 3 is 2.77 bits per heavy atom. The summed E-state index contributed by atoms with van der Waals surface area (Å²) in [5.74, 6) is -0.604. The quantitative estimate of drug-likeness (QED) is 0.580. The lowest BCUT2D eigenvalue weighted by molar-refractivity contribution is 0.203. The first-order chi connectivity index (χ1) is 6.04. The third-order valence-corrected chi connectivity index (χ3v) is 1.56. The molecule has 0 saturated heterocycles. The summed E-state index contributed by atoms with van der Waals surface area (Å²) in [5, 5.41) is 17.7. The first-order valence-corrected chi connectivity index (χ1v) is 3.41. The van der Waals surface area contributed by atoms with Crippen LogP contribution in [0.5, 0.6) is 5.75 Å². The van der Waals surface area contributed by atoms with Crippen LogP contribution >= 0.6 is 0 Å². The standard InChI is InChI=1S/C7H8N2O4/c1-9(7(12)13)4-2-3-8-6(11)5(4)10/h2-3,10H,1H3,(H,8,11)(H,12,13). The molecule has 1 heterocycles. The highest BCUT2D eigenvalue weighted by Crippen LogP contribution is 2.20.